The molecule has 7 nitrogen and oxygen atoms in total. The zero-order valence-electron chi connectivity index (χ0n) is 13.7. The van der Waals surface area contributed by atoms with Crippen LogP contribution in [-0.4, -0.2) is 24.7 Å². The van der Waals surface area contributed by atoms with Crippen molar-refractivity contribution in [2.75, 3.05) is 5.73 Å². The van der Waals surface area contributed by atoms with Crippen molar-refractivity contribution in [2.45, 2.75) is 20.0 Å². The largest absolute Gasteiger partial charge is 0.458 e. The number of anilines is 1. The van der Waals surface area contributed by atoms with Crippen LogP contribution in [0.4, 0.5) is 5.95 Å². The van der Waals surface area contributed by atoms with Crippen LogP contribution in [0.3, 0.4) is 0 Å². The van der Waals surface area contributed by atoms with Gasteiger partial charge in [-0.05, 0) is 30.2 Å². The van der Waals surface area contributed by atoms with Crippen LogP contribution in [-0.2, 0) is 13.0 Å². The zero-order valence-corrected chi connectivity index (χ0v) is 13.7. The Hall–Kier alpha value is -3.19. The molecular weight excluding hydrogens is 318 g/mol. The van der Waals surface area contributed by atoms with Gasteiger partial charge < -0.3 is 15.3 Å². The number of aliphatic hydroxyl groups excluding tert-OH is 1. The lowest BCUT2D eigenvalue weighted by molar-refractivity contribution is 0.281. The van der Waals surface area contributed by atoms with Crippen molar-refractivity contribution in [1.82, 2.24) is 19.6 Å². The number of furan rings is 1. The minimum atomic E-state index is 0.0136. The molecular formula is C18H17N5O2. The van der Waals surface area contributed by atoms with E-state index in [1.165, 1.54) is 0 Å². The van der Waals surface area contributed by atoms with Gasteiger partial charge in [0, 0.05) is 12.0 Å². The maximum Gasteiger partial charge on any atom is 0.224 e. The molecule has 0 radical (unpaired) electrons. The van der Waals surface area contributed by atoms with Crippen LogP contribution < -0.4 is 5.73 Å². The summed E-state index contributed by atoms with van der Waals surface area (Å²) < 4.78 is 7.29. The van der Waals surface area contributed by atoms with Crippen molar-refractivity contribution in [3.8, 4) is 11.6 Å². The van der Waals surface area contributed by atoms with Gasteiger partial charge in [0.1, 0.15) is 5.76 Å². The van der Waals surface area contributed by atoms with Crippen molar-refractivity contribution in [3.05, 3.63) is 65.0 Å². The molecule has 3 heterocycles. The third-order valence-corrected chi connectivity index (χ3v) is 3.99. The maximum absolute atomic E-state index is 9.30. The summed E-state index contributed by atoms with van der Waals surface area (Å²) in [6.07, 6.45) is 2.39. The van der Waals surface area contributed by atoms with Crippen LogP contribution in [0.2, 0.25) is 0 Å². The van der Waals surface area contributed by atoms with E-state index in [-0.39, 0.29) is 12.6 Å². The van der Waals surface area contributed by atoms with Gasteiger partial charge in [0.2, 0.25) is 11.8 Å². The van der Waals surface area contributed by atoms with Gasteiger partial charge >= 0.3 is 0 Å². The van der Waals surface area contributed by atoms with Gasteiger partial charge in [0.25, 0.3) is 0 Å². The molecule has 0 fully saturated rings. The van der Waals surface area contributed by atoms with E-state index in [4.69, 9.17) is 10.2 Å². The molecule has 7 heteroatoms. The number of nitrogens with zero attached hydrogens (tertiary/aromatic N) is 4. The average molecular weight is 335 g/mol. The van der Waals surface area contributed by atoms with Crippen molar-refractivity contribution in [1.29, 1.82) is 0 Å². The van der Waals surface area contributed by atoms with Crippen molar-refractivity contribution in [3.63, 3.8) is 0 Å². The van der Waals surface area contributed by atoms with Gasteiger partial charge in [-0.2, -0.15) is 19.6 Å². The Labute approximate surface area is 143 Å². The third kappa shape index (κ3) is 2.85. The van der Waals surface area contributed by atoms with E-state index in [2.05, 4.69) is 15.1 Å². The van der Waals surface area contributed by atoms with E-state index in [1.54, 1.807) is 10.7 Å². The van der Waals surface area contributed by atoms with Gasteiger partial charge in [-0.25, -0.2) is 0 Å². The highest BCUT2D eigenvalue weighted by molar-refractivity contribution is 5.59. The molecule has 0 amide bonds. The van der Waals surface area contributed by atoms with Crippen LogP contribution in [0.25, 0.3) is 17.2 Å². The third-order valence-electron chi connectivity index (χ3n) is 3.99. The molecule has 0 saturated carbocycles. The molecule has 0 aliphatic rings. The molecule has 0 spiro atoms. The topological polar surface area (TPSA) is 102 Å². The number of hydrogen-bond acceptors (Lipinski definition) is 6. The number of benzene rings is 1. The highest BCUT2D eigenvalue weighted by Crippen LogP contribution is 2.23. The van der Waals surface area contributed by atoms with Crippen LogP contribution in [0.1, 0.15) is 22.5 Å². The number of aromatic nitrogens is 4. The van der Waals surface area contributed by atoms with Gasteiger partial charge in [0.05, 0.1) is 12.8 Å². The first-order chi connectivity index (χ1) is 12.1. The normalized spacial score (nSPS) is 11.3. The first kappa shape index (κ1) is 15.3. The van der Waals surface area contributed by atoms with Crippen molar-refractivity contribution in [2.24, 2.45) is 0 Å². The fraction of sp³-hybridized carbons (Fsp3) is 0.167. The first-order valence-corrected chi connectivity index (χ1v) is 7.89. The fourth-order valence-electron chi connectivity index (χ4n) is 2.84. The second kappa shape index (κ2) is 6.03. The minimum Gasteiger partial charge on any atom is -0.458 e. The molecule has 0 atom stereocenters. The summed E-state index contributed by atoms with van der Waals surface area (Å²) in [6, 6.07) is 11.5. The lowest BCUT2D eigenvalue weighted by Crippen LogP contribution is -2.05. The molecule has 0 aliphatic carbocycles. The highest BCUT2D eigenvalue weighted by atomic mass is 16.3. The summed E-state index contributed by atoms with van der Waals surface area (Å²) in [4.78, 5) is 8.62. The smallest absolute Gasteiger partial charge is 0.224 e. The monoisotopic (exact) mass is 335 g/mol. The molecule has 3 aromatic heterocycles. The predicted octanol–water partition coefficient (Wildman–Crippen LogP) is 2.36. The summed E-state index contributed by atoms with van der Waals surface area (Å²) in [5, 5.41) is 13.7. The van der Waals surface area contributed by atoms with Gasteiger partial charge in [-0.3, -0.25) is 0 Å². The fourth-order valence-corrected chi connectivity index (χ4v) is 2.84. The first-order valence-electron chi connectivity index (χ1n) is 7.89. The SMILES string of the molecule is Cc1ccc(-c2nc(N)nc3c(Cc4cccc(CO)c4)cnn23)o1. The molecule has 4 aromatic rings. The quantitative estimate of drug-likeness (QED) is 0.593. The van der Waals surface area contributed by atoms with Crippen LogP contribution in [0.15, 0.2) is 47.0 Å². The number of aryl methyl sites for hydroxylation is 1. The molecule has 0 aliphatic heterocycles. The molecule has 126 valence electrons. The number of rotatable bonds is 4. The standard InChI is InChI=1S/C18H17N5O2/c1-11-5-6-15(25-11)17-22-18(19)21-16-14(9-20-23(16)17)8-12-3-2-4-13(7-12)10-24/h2-7,9,24H,8,10H2,1H3,(H2,19,21). The summed E-state index contributed by atoms with van der Waals surface area (Å²) >= 11 is 0. The molecule has 0 saturated heterocycles. The van der Waals surface area contributed by atoms with E-state index in [0.29, 0.717) is 23.7 Å². The predicted molar refractivity (Wildman–Crippen MR) is 92.8 cm³/mol. The van der Waals surface area contributed by atoms with Crippen molar-refractivity contribution >= 4 is 11.6 Å². The highest BCUT2D eigenvalue weighted by Gasteiger charge is 2.16. The van der Waals surface area contributed by atoms with Crippen LogP contribution in [0, 0.1) is 6.92 Å². The molecule has 0 unspecified atom stereocenters. The van der Waals surface area contributed by atoms with Crippen LogP contribution >= 0.6 is 0 Å². The Balaban J connectivity index is 1.80. The van der Waals surface area contributed by atoms with Crippen LogP contribution in [0.5, 0.6) is 0 Å². The average Bonchev–Trinajstić information content (AvgIpc) is 3.21. The molecule has 3 N–H and O–H groups in total. The second-order valence-corrected chi connectivity index (χ2v) is 5.88. The lowest BCUT2D eigenvalue weighted by atomic mass is 10.1. The molecule has 1 aromatic carbocycles. The molecule has 0 bridgehead atoms. The summed E-state index contributed by atoms with van der Waals surface area (Å²) in [7, 11) is 0. The van der Waals surface area contributed by atoms with Crippen molar-refractivity contribution < 1.29 is 9.52 Å². The molecule has 25 heavy (non-hydrogen) atoms. The van der Waals surface area contributed by atoms with Gasteiger partial charge in [-0.15, -0.1) is 0 Å². The van der Waals surface area contributed by atoms with E-state index < -0.39 is 0 Å². The van der Waals surface area contributed by atoms with E-state index in [9.17, 15) is 5.11 Å². The van der Waals surface area contributed by atoms with E-state index >= 15 is 0 Å². The zero-order chi connectivity index (χ0) is 17.4. The second-order valence-electron chi connectivity index (χ2n) is 5.88. The molecule has 4 rings (SSSR count). The summed E-state index contributed by atoms with van der Waals surface area (Å²) in [5.41, 5.74) is 9.40. The van der Waals surface area contributed by atoms with Gasteiger partial charge in [-0.1, -0.05) is 24.3 Å². The lowest BCUT2D eigenvalue weighted by Gasteiger charge is -2.05. The van der Waals surface area contributed by atoms with Gasteiger partial charge in [0.15, 0.2) is 11.4 Å². The van der Waals surface area contributed by atoms with E-state index in [0.717, 1.165) is 22.5 Å². The number of hydrogen-bond donors (Lipinski definition) is 2. The summed E-state index contributed by atoms with van der Waals surface area (Å²) in [6.45, 7) is 1.88. The Morgan fingerprint density at radius 2 is 2.00 bits per heavy atom. The Bertz CT molecular complexity index is 1050. The van der Waals surface area contributed by atoms with E-state index in [1.807, 2.05) is 43.3 Å². The Kier molecular flexibility index (Phi) is 3.70. The maximum atomic E-state index is 9.30. The number of aliphatic hydroxyl groups is 1. The summed E-state index contributed by atoms with van der Waals surface area (Å²) in [5.74, 6) is 2.07. The number of nitrogen functional groups attached to an aromatic ring is 1. The number of nitrogens with two attached hydrogens (primary N) is 1. The Morgan fingerprint density at radius 1 is 1.16 bits per heavy atom. The number of fused-ring (bicyclic) bond motifs is 1. The Morgan fingerprint density at radius 3 is 2.76 bits per heavy atom. The minimum absolute atomic E-state index is 0.0136.